The highest BCUT2D eigenvalue weighted by atomic mass is 16.5. The Morgan fingerprint density at radius 2 is 1.89 bits per heavy atom. The molecule has 2 aromatic carbocycles. The fraction of sp³-hybridized carbons (Fsp3) is 0.238. The number of esters is 1. The van der Waals surface area contributed by atoms with Gasteiger partial charge in [0.15, 0.2) is 6.10 Å². The van der Waals surface area contributed by atoms with Gasteiger partial charge in [-0.25, -0.2) is 0 Å². The van der Waals surface area contributed by atoms with Gasteiger partial charge in [-0.3, -0.25) is 9.59 Å². The van der Waals surface area contributed by atoms with Crippen molar-refractivity contribution in [1.29, 1.82) is 0 Å². The second kappa shape index (κ2) is 7.95. The lowest BCUT2D eigenvalue weighted by atomic mass is 10.1. The molecule has 0 aliphatic carbocycles. The van der Waals surface area contributed by atoms with Gasteiger partial charge in [0.05, 0.1) is 19.3 Å². The lowest BCUT2D eigenvalue weighted by Gasteiger charge is -2.12. The van der Waals surface area contributed by atoms with Gasteiger partial charge in [-0.05, 0) is 50.2 Å². The van der Waals surface area contributed by atoms with Gasteiger partial charge in [0.25, 0.3) is 0 Å². The van der Waals surface area contributed by atoms with Gasteiger partial charge in [0.2, 0.25) is 5.78 Å². The van der Waals surface area contributed by atoms with Crippen molar-refractivity contribution in [3.8, 4) is 11.5 Å². The first-order chi connectivity index (χ1) is 13.0. The first-order valence-corrected chi connectivity index (χ1v) is 8.63. The SMILES string of the molecule is CCOc1ccc(C(=O)[C@H](C)OC(=O)Cc2coc3cc(O)ccc23)cc1. The molecule has 140 valence electrons. The largest absolute Gasteiger partial charge is 0.508 e. The third-order valence-electron chi connectivity index (χ3n) is 4.10. The Kier molecular flexibility index (Phi) is 5.45. The minimum absolute atomic E-state index is 0.0291. The number of phenols is 1. The molecule has 0 saturated carbocycles. The molecule has 1 atom stereocenters. The topological polar surface area (TPSA) is 86.0 Å². The van der Waals surface area contributed by atoms with Crippen LogP contribution >= 0.6 is 0 Å². The molecule has 0 radical (unpaired) electrons. The molecule has 27 heavy (non-hydrogen) atoms. The summed E-state index contributed by atoms with van der Waals surface area (Å²) in [6.45, 7) is 3.97. The van der Waals surface area contributed by atoms with E-state index >= 15 is 0 Å². The number of ketones is 1. The monoisotopic (exact) mass is 368 g/mol. The van der Waals surface area contributed by atoms with Crippen LogP contribution in [0.5, 0.6) is 11.5 Å². The number of Topliss-reactive ketones (excluding diaryl/α,β-unsaturated/α-hetero) is 1. The predicted octanol–water partition coefficient (Wildman–Crippen LogP) is 3.89. The summed E-state index contributed by atoms with van der Waals surface area (Å²) in [5.74, 6) is -0.0527. The smallest absolute Gasteiger partial charge is 0.311 e. The minimum Gasteiger partial charge on any atom is -0.508 e. The molecule has 0 aliphatic heterocycles. The van der Waals surface area contributed by atoms with E-state index in [1.165, 1.54) is 18.4 Å². The third kappa shape index (κ3) is 4.28. The first-order valence-electron chi connectivity index (χ1n) is 8.63. The molecule has 0 saturated heterocycles. The van der Waals surface area contributed by atoms with Crippen LogP contribution in [0.4, 0.5) is 0 Å². The minimum atomic E-state index is -0.905. The van der Waals surface area contributed by atoms with Gasteiger partial charge in [0, 0.05) is 22.6 Å². The Morgan fingerprint density at radius 1 is 1.15 bits per heavy atom. The van der Waals surface area contributed by atoms with Crippen LogP contribution in [0.25, 0.3) is 11.0 Å². The molecule has 1 aromatic heterocycles. The van der Waals surface area contributed by atoms with Crippen molar-refractivity contribution < 1.29 is 28.6 Å². The predicted molar refractivity (Wildman–Crippen MR) is 99.1 cm³/mol. The van der Waals surface area contributed by atoms with Gasteiger partial charge < -0.3 is 19.0 Å². The fourth-order valence-corrected chi connectivity index (χ4v) is 2.77. The maximum absolute atomic E-state index is 12.4. The Labute approximate surface area is 156 Å². The number of benzene rings is 2. The Balaban J connectivity index is 1.63. The first kappa shape index (κ1) is 18.5. The van der Waals surface area contributed by atoms with E-state index < -0.39 is 12.1 Å². The van der Waals surface area contributed by atoms with E-state index in [0.717, 1.165) is 5.39 Å². The summed E-state index contributed by atoms with van der Waals surface area (Å²) in [6, 6.07) is 11.4. The van der Waals surface area contributed by atoms with Crippen LogP contribution in [0, 0.1) is 0 Å². The van der Waals surface area contributed by atoms with Gasteiger partial charge in [-0.15, -0.1) is 0 Å². The highest BCUT2D eigenvalue weighted by molar-refractivity contribution is 6.00. The summed E-state index contributed by atoms with van der Waals surface area (Å²) in [5, 5.41) is 10.2. The quantitative estimate of drug-likeness (QED) is 0.503. The number of hydrogen-bond acceptors (Lipinski definition) is 6. The molecular weight excluding hydrogens is 348 g/mol. The van der Waals surface area contributed by atoms with Crippen molar-refractivity contribution in [1.82, 2.24) is 0 Å². The molecule has 1 heterocycles. The van der Waals surface area contributed by atoms with Gasteiger partial charge in [-0.1, -0.05) is 0 Å². The number of hydrogen-bond donors (Lipinski definition) is 1. The molecule has 6 heteroatoms. The number of phenolic OH excluding ortho intramolecular Hbond substituents is 1. The van der Waals surface area contributed by atoms with E-state index in [0.29, 0.717) is 29.1 Å². The second-order valence-corrected chi connectivity index (χ2v) is 6.07. The highest BCUT2D eigenvalue weighted by Crippen LogP contribution is 2.25. The van der Waals surface area contributed by atoms with E-state index in [9.17, 15) is 14.7 Å². The summed E-state index contributed by atoms with van der Waals surface area (Å²) in [6.07, 6.45) is 0.515. The number of rotatable bonds is 7. The molecule has 6 nitrogen and oxygen atoms in total. The lowest BCUT2D eigenvalue weighted by Crippen LogP contribution is -2.25. The lowest BCUT2D eigenvalue weighted by molar-refractivity contribution is -0.145. The van der Waals surface area contributed by atoms with Gasteiger partial charge in [0.1, 0.15) is 17.1 Å². The summed E-state index contributed by atoms with van der Waals surface area (Å²) in [7, 11) is 0. The molecule has 3 aromatic rings. The third-order valence-corrected chi connectivity index (χ3v) is 4.10. The Bertz CT molecular complexity index is 954. The van der Waals surface area contributed by atoms with E-state index in [4.69, 9.17) is 13.9 Å². The zero-order valence-corrected chi connectivity index (χ0v) is 15.1. The van der Waals surface area contributed by atoms with Crippen molar-refractivity contribution in [3.05, 3.63) is 59.9 Å². The summed E-state index contributed by atoms with van der Waals surface area (Å²) < 4.78 is 16.0. The van der Waals surface area contributed by atoms with Crippen LogP contribution in [-0.2, 0) is 16.0 Å². The van der Waals surface area contributed by atoms with E-state index in [1.54, 1.807) is 37.3 Å². The molecule has 0 bridgehead atoms. The number of carbonyl (C=O) groups excluding carboxylic acids is 2. The van der Waals surface area contributed by atoms with Crippen molar-refractivity contribution in [2.75, 3.05) is 6.61 Å². The number of aromatic hydroxyl groups is 1. The fourth-order valence-electron chi connectivity index (χ4n) is 2.77. The van der Waals surface area contributed by atoms with Crippen LogP contribution < -0.4 is 4.74 Å². The van der Waals surface area contributed by atoms with Crippen molar-refractivity contribution in [2.24, 2.45) is 0 Å². The average Bonchev–Trinajstić information content (AvgIpc) is 3.03. The summed E-state index contributed by atoms with van der Waals surface area (Å²) >= 11 is 0. The Hall–Kier alpha value is -3.28. The van der Waals surface area contributed by atoms with Crippen LogP contribution in [0.15, 0.2) is 53.1 Å². The number of fused-ring (bicyclic) bond motifs is 1. The van der Waals surface area contributed by atoms with E-state index in [2.05, 4.69) is 0 Å². The molecule has 0 aliphatic rings. The highest BCUT2D eigenvalue weighted by Gasteiger charge is 2.21. The van der Waals surface area contributed by atoms with Gasteiger partial charge >= 0.3 is 5.97 Å². The second-order valence-electron chi connectivity index (χ2n) is 6.07. The number of furan rings is 1. The average molecular weight is 368 g/mol. The van der Waals surface area contributed by atoms with Crippen LogP contribution in [0.1, 0.15) is 29.8 Å². The molecule has 0 fully saturated rings. The van der Waals surface area contributed by atoms with Crippen molar-refractivity contribution in [3.63, 3.8) is 0 Å². The molecule has 0 spiro atoms. The van der Waals surface area contributed by atoms with Crippen LogP contribution in [0.2, 0.25) is 0 Å². The van der Waals surface area contributed by atoms with Crippen molar-refractivity contribution in [2.45, 2.75) is 26.4 Å². The number of carbonyl (C=O) groups is 2. The van der Waals surface area contributed by atoms with Crippen molar-refractivity contribution >= 4 is 22.7 Å². The summed E-state index contributed by atoms with van der Waals surface area (Å²) in [4.78, 5) is 24.7. The van der Waals surface area contributed by atoms with E-state index in [1.807, 2.05) is 6.92 Å². The maximum atomic E-state index is 12.4. The molecule has 1 N–H and O–H groups in total. The molecule has 0 unspecified atom stereocenters. The zero-order chi connectivity index (χ0) is 19.4. The summed E-state index contributed by atoms with van der Waals surface area (Å²) in [5.41, 5.74) is 1.56. The van der Waals surface area contributed by atoms with Gasteiger partial charge in [-0.2, -0.15) is 0 Å². The number of ether oxygens (including phenoxy) is 2. The zero-order valence-electron chi connectivity index (χ0n) is 15.1. The van der Waals surface area contributed by atoms with E-state index in [-0.39, 0.29) is 18.0 Å². The standard InChI is InChI=1S/C21H20O6/c1-3-25-17-7-4-14(5-8-17)21(24)13(2)27-20(23)10-15-12-26-19-11-16(22)6-9-18(15)19/h4-9,11-13,22H,3,10H2,1-2H3/t13-/m0/s1. The maximum Gasteiger partial charge on any atom is 0.311 e. The Morgan fingerprint density at radius 3 is 2.59 bits per heavy atom. The van der Waals surface area contributed by atoms with Crippen LogP contribution in [0.3, 0.4) is 0 Å². The molecular formula is C21H20O6. The normalized spacial score (nSPS) is 11.9. The molecule has 3 rings (SSSR count). The van der Waals surface area contributed by atoms with Crippen LogP contribution in [-0.4, -0.2) is 29.6 Å². The molecule has 0 amide bonds.